The lowest BCUT2D eigenvalue weighted by Gasteiger charge is -2.28. The second kappa shape index (κ2) is 9.32. The van der Waals surface area contributed by atoms with Crippen molar-refractivity contribution in [2.45, 2.75) is 0 Å². The van der Waals surface area contributed by atoms with Crippen LogP contribution in [0.2, 0.25) is 0 Å². The van der Waals surface area contributed by atoms with Crippen molar-refractivity contribution in [3.63, 3.8) is 0 Å². The number of thiazole rings is 1. The van der Waals surface area contributed by atoms with Gasteiger partial charge in [0.1, 0.15) is 17.5 Å². The van der Waals surface area contributed by atoms with Crippen LogP contribution in [0.5, 0.6) is 0 Å². The lowest BCUT2D eigenvalue weighted by molar-refractivity contribution is -0.111. The van der Waals surface area contributed by atoms with E-state index in [9.17, 15) is 18.0 Å². The van der Waals surface area contributed by atoms with Gasteiger partial charge in [0.25, 0.3) is 0 Å². The summed E-state index contributed by atoms with van der Waals surface area (Å²) in [6.45, 7) is 3.11. The maximum Gasteiger partial charge on any atom is 0.250 e. The van der Waals surface area contributed by atoms with E-state index in [0.29, 0.717) is 25.3 Å². The molecule has 1 saturated heterocycles. The molecule has 0 unspecified atom stereocenters. The molecule has 2 aromatic carbocycles. The first kappa shape index (κ1) is 21.1. The van der Waals surface area contributed by atoms with Crippen LogP contribution in [0.4, 0.5) is 24.0 Å². The van der Waals surface area contributed by atoms with Gasteiger partial charge in [-0.1, -0.05) is 12.1 Å². The van der Waals surface area contributed by atoms with Crippen molar-refractivity contribution in [2.24, 2.45) is 0 Å². The van der Waals surface area contributed by atoms with Crippen LogP contribution >= 0.6 is 11.3 Å². The molecule has 160 valence electrons. The van der Waals surface area contributed by atoms with E-state index >= 15 is 0 Å². The van der Waals surface area contributed by atoms with E-state index in [0.717, 1.165) is 35.7 Å². The molecule has 3 aromatic rings. The third-order valence-corrected chi connectivity index (χ3v) is 5.45. The molecule has 4 rings (SSSR count). The van der Waals surface area contributed by atoms with Crippen LogP contribution < -0.4 is 10.2 Å². The summed E-state index contributed by atoms with van der Waals surface area (Å²) in [4.78, 5) is 18.4. The van der Waals surface area contributed by atoms with Gasteiger partial charge in [0.2, 0.25) is 5.91 Å². The average Bonchev–Trinajstić information content (AvgIpc) is 3.20. The predicted octanol–water partition coefficient (Wildman–Crippen LogP) is 4.72. The minimum Gasteiger partial charge on any atom is -0.378 e. The highest BCUT2D eigenvalue weighted by molar-refractivity contribution is 7.14. The molecule has 0 bridgehead atoms. The third-order valence-electron chi connectivity index (χ3n) is 4.69. The number of benzene rings is 2. The molecule has 0 atom stereocenters. The summed E-state index contributed by atoms with van der Waals surface area (Å²) in [6.07, 6.45) is 3.01. The zero-order valence-corrected chi connectivity index (χ0v) is 17.1. The van der Waals surface area contributed by atoms with E-state index in [4.69, 9.17) is 4.74 Å². The molecule has 1 fully saturated rings. The van der Waals surface area contributed by atoms with Crippen molar-refractivity contribution in [1.29, 1.82) is 0 Å². The van der Waals surface area contributed by atoms with Gasteiger partial charge in [-0.05, 0) is 23.8 Å². The Labute approximate surface area is 180 Å². The molecule has 0 saturated carbocycles. The highest BCUT2D eigenvalue weighted by atomic mass is 32.1. The number of rotatable bonds is 5. The molecule has 1 amide bonds. The monoisotopic (exact) mass is 445 g/mol. The molecule has 9 heteroatoms. The van der Waals surface area contributed by atoms with Gasteiger partial charge in [-0.15, -0.1) is 11.3 Å². The second-order valence-electron chi connectivity index (χ2n) is 6.80. The van der Waals surface area contributed by atoms with Crippen molar-refractivity contribution in [1.82, 2.24) is 4.98 Å². The van der Waals surface area contributed by atoms with Crippen LogP contribution in [0.25, 0.3) is 17.3 Å². The van der Waals surface area contributed by atoms with Crippen LogP contribution in [0.1, 0.15) is 5.56 Å². The Morgan fingerprint density at radius 3 is 2.45 bits per heavy atom. The Kier molecular flexibility index (Phi) is 6.34. The Hall–Kier alpha value is -3.17. The molecule has 0 spiro atoms. The lowest BCUT2D eigenvalue weighted by atomic mass is 10.1. The molecule has 0 aliphatic carbocycles. The number of aromatic nitrogens is 1. The molecular formula is C22H18F3N3O2S. The van der Waals surface area contributed by atoms with Gasteiger partial charge < -0.3 is 9.64 Å². The van der Waals surface area contributed by atoms with E-state index in [1.54, 1.807) is 6.08 Å². The Morgan fingerprint density at radius 1 is 1.10 bits per heavy atom. The molecule has 5 nitrogen and oxygen atoms in total. The van der Waals surface area contributed by atoms with E-state index in [1.165, 1.54) is 11.5 Å². The van der Waals surface area contributed by atoms with Gasteiger partial charge in [-0.3, -0.25) is 10.1 Å². The molecule has 1 aliphatic rings. The minimum absolute atomic E-state index is 0.0158. The first-order chi connectivity index (χ1) is 15.0. The van der Waals surface area contributed by atoms with Crippen LogP contribution in [0, 0.1) is 17.5 Å². The number of nitrogens with one attached hydrogen (secondary N) is 1. The normalized spacial score (nSPS) is 14.2. The number of carbonyl (C=O) groups excluding carboxylic acids is 1. The van der Waals surface area contributed by atoms with Crippen LogP contribution in [-0.2, 0) is 9.53 Å². The van der Waals surface area contributed by atoms with Crippen LogP contribution in [-0.4, -0.2) is 37.2 Å². The zero-order valence-electron chi connectivity index (χ0n) is 16.3. The molecule has 2 heterocycles. The lowest BCUT2D eigenvalue weighted by Crippen LogP contribution is -2.36. The predicted molar refractivity (Wildman–Crippen MR) is 115 cm³/mol. The average molecular weight is 445 g/mol. The molecule has 1 aliphatic heterocycles. The van der Waals surface area contributed by atoms with Gasteiger partial charge in [-0.25, -0.2) is 18.2 Å². The number of amides is 1. The fraction of sp³-hybridized carbons (Fsp3) is 0.182. The van der Waals surface area contributed by atoms with Crippen molar-refractivity contribution >= 4 is 34.1 Å². The maximum absolute atomic E-state index is 13.9. The van der Waals surface area contributed by atoms with Crippen molar-refractivity contribution in [3.8, 4) is 11.3 Å². The SMILES string of the molecule is O=C(/C=C/c1ccc(N2CCOCC2)cc1)Nc1nc(-c2c(F)cc(F)cc2F)cs1. The van der Waals surface area contributed by atoms with Gasteiger partial charge >= 0.3 is 0 Å². The highest BCUT2D eigenvalue weighted by Crippen LogP contribution is 2.30. The van der Waals surface area contributed by atoms with Crippen molar-refractivity contribution < 1.29 is 22.7 Å². The molecule has 1 N–H and O–H groups in total. The second-order valence-corrected chi connectivity index (χ2v) is 7.65. The maximum atomic E-state index is 13.9. The van der Waals surface area contributed by atoms with E-state index < -0.39 is 28.9 Å². The summed E-state index contributed by atoms with van der Waals surface area (Å²) >= 11 is 1.01. The Balaban J connectivity index is 1.39. The van der Waals surface area contributed by atoms with Crippen molar-refractivity contribution in [3.05, 3.63) is 70.9 Å². The van der Waals surface area contributed by atoms with E-state index in [1.807, 2.05) is 24.3 Å². The fourth-order valence-corrected chi connectivity index (χ4v) is 3.87. The quantitative estimate of drug-likeness (QED) is 0.578. The number of ether oxygens (including phenoxy) is 1. The standard InChI is InChI=1S/C22H18F3N3O2S/c23-15-11-17(24)21(18(25)12-15)19-13-31-22(26-19)27-20(29)6-3-14-1-4-16(5-2-14)28-7-9-30-10-8-28/h1-6,11-13H,7-10H2,(H,26,27,29)/b6-3+. The zero-order chi connectivity index (χ0) is 21.8. The van der Waals surface area contributed by atoms with Gasteiger partial charge in [-0.2, -0.15) is 0 Å². The Morgan fingerprint density at radius 2 is 1.77 bits per heavy atom. The van der Waals surface area contributed by atoms with Gasteiger partial charge in [0, 0.05) is 42.4 Å². The largest absolute Gasteiger partial charge is 0.378 e. The van der Waals surface area contributed by atoms with Gasteiger partial charge in [0.05, 0.1) is 24.5 Å². The number of hydrogen-bond acceptors (Lipinski definition) is 5. The smallest absolute Gasteiger partial charge is 0.250 e. The molecule has 1 aromatic heterocycles. The van der Waals surface area contributed by atoms with Gasteiger partial charge in [0.15, 0.2) is 5.13 Å². The Bertz CT molecular complexity index is 1090. The number of carbonyl (C=O) groups is 1. The molecular weight excluding hydrogens is 427 g/mol. The van der Waals surface area contributed by atoms with Crippen LogP contribution in [0.15, 0.2) is 47.9 Å². The van der Waals surface area contributed by atoms with Crippen LogP contribution in [0.3, 0.4) is 0 Å². The number of morpholine rings is 1. The first-order valence-corrected chi connectivity index (χ1v) is 10.4. The third kappa shape index (κ3) is 5.12. The summed E-state index contributed by atoms with van der Waals surface area (Å²) in [5.74, 6) is -3.55. The number of anilines is 2. The summed E-state index contributed by atoms with van der Waals surface area (Å²) in [7, 11) is 0. The topological polar surface area (TPSA) is 54.5 Å². The van der Waals surface area contributed by atoms with E-state index in [-0.39, 0.29) is 10.8 Å². The minimum atomic E-state index is -1.05. The highest BCUT2D eigenvalue weighted by Gasteiger charge is 2.17. The number of hydrogen-bond donors (Lipinski definition) is 1. The molecule has 31 heavy (non-hydrogen) atoms. The number of nitrogens with zero attached hydrogens (tertiary/aromatic N) is 2. The summed E-state index contributed by atoms with van der Waals surface area (Å²) in [5, 5.41) is 4.12. The summed E-state index contributed by atoms with van der Waals surface area (Å²) in [6, 6.07) is 8.97. The summed E-state index contributed by atoms with van der Waals surface area (Å²) < 4.78 is 46.2. The van der Waals surface area contributed by atoms with Crippen molar-refractivity contribution in [2.75, 3.05) is 36.5 Å². The first-order valence-electron chi connectivity index (χ1n) is 9.52. The number of halogens is 3. The fourth-order valence-electron chi connectivity index (χ4n) is 3.17. The van der Waals surface area contributed by atoms with E-state index in [2.05, 4.69) is 15.2 Å². The summed E-state index contributed by atoms with van der Waals surface area (Å²) in [5.41, 5.74) is 1.50. The molecule has 0 radical (unpaired) electrons.